The van der Waals surface area contributed by atoms with Gasteiger partial charge in [-0.2, -0.15) is 15.0 Å². The van der Waals surface area contributed by atoms with Crippen molar-refractivity contribution in [1.29, 1.82) is 5.26 Å². The van der Waals surface area contributed by atoms with Crippen LogP contribution in [0.25, 0.3) is 16.7 Å². The number of hydrogen-bond acceptors (Lipinski definition) is 9. The van der Waals surface area contributed by atoms with Gasteiger partial charge in [-0.25, -0.2) is 9.97 Å². The molecule has 5 N–H and O–H groups in total. The molecular formula is C20H13N9O3. The second-order valence-corrected chi connectivity index (χ2v) is 6.44. The molecule has 0 fully saturated rings. The lowest BCUT2D eigenvalue weighted by molar-refractivity contribution is 0.0989. The lowest BCUT2D eigenvalue weighted by atomic mass is 9.99. The van der Waals surface area contributed by atoms with Gasteiger partial charge in [0.25, 0.3) is 11.9 Å². The molecule has 0 aliphatic heterocycles. The van der Waals surface area contributed by atoms with E-state index >= 15 is 0 Å². The second-order valence-electron chi connectivity index (χ2n) is 6.44. The highest BCUT2D eigenvalue weighted by Crippen LogP contribution is 2.38. The minimum absolute atomic E-state index is 0.0166. The number of aromatic nitrogens is 4. The predicted molar refractivity (Wildman–Crippen MR) is 111 cm³/mol. The molecule has 12 nitrogen and oxygen atoms in total. The molecule has 2 heterocycles. The number of carbonyl (C=O) groups excluding carboxylic acids is 2. The SMILES string of the molecule is N#Cc1cnn(-c2ncccn2)c1N=Nc1cc2ccc(C(N)=O)cc2c(C(N)=O)c1O. The molecule has 2 amide bonds. The number of primary amides is 2. The molecule has 4 aromatic rings. The van der Waals surface area contributed by atoms with Crippen molar-refractivity contribution in [1.82, 2.24) is 19.7 Å². The largest absolute Gasteiger partial charge is 0.505 e. The summed E-state index contributed by atoms with van der Waals surface area (Å²) in [6, 6.07) is 9.34. The summed E-state index contributed by atoms with van der Waals surface area (Å²) < 4.78 is 1.20. The molecule has 4 rings (SSSR count). The lowest BCUT2D eigenvalue weighted by Gasteiger charge is -2.09. The number of nitrogens with zero attached hydrogens (tertiary/aromatic N) is 7. The van der Waals surface area contributed by atoms with Crippen molar-refractivity contribution >= 4 is 34.1 Å². The molecule has 0 unspecified atom stereocenters. The van der Waals surface area contributed by atoms with E-state index in [4.69, 9.17) is 11.5 Å². The first-order valence-corrected chi connectivity index (χ1v) is 8.97. The predicted octanol–water partition coefficient (Wildman–Crippen LogP) is 2.01. The molecule has 12 heteroatoms. The van der Waals surface area contributed by atoms with Gasteiger partial charge in [-0.15, -0.1) is 10.2 Å². The molecule has 2 aromatic carbocycles. The summed E-state index contributed by atoms with van der Waals surface area (Å²) in [4.78, 5) is 31.6. The number of benzene rings is 2. The zero-order valence-electron chi connectivity index (χ0n) is 16.2. The van der Waals surface area contributed by atoms with Crippen LogP contribution in [0.4, 0.5) is 11.5 Å². The molecule has 156 valence electrons. The van der Waals surface area contributed by atoms with Crippen LogP contribution in [0.3, 0.4) is 0 Å². The third kappa shape index (κ3) is 3.46. The molecule has 2 aromatic heterocycles. The third-order valence-corrected chi connectivity index (χ3v) is 4.48. The molecule has 0 spiro atoms. The molecule has 0 saturated heterocycles. The van der Waals surface area contributed by atoms with E-state index in [1.54, 1.807) is 6.07 Å². The highest BCUT2D eigenvalue weighted by atomic mass is 16.3. The maximum absolute atomic E-state index is 12.0. The Morgan fingerprint density at radius 3 is 2.50 bits per heavy atom. The van der Waals surface area contributed by atoms with Gasteiger partial charge in [0.2, 0.25) is 5.91 Å². The van der Waals surface area contributed by atoms with Crippen LogP contribution in [0, 0.1) is 11.3 Å². The summed E-state index contributed by atoms with van der Waals surface area (Å²) in [6.07, 6.45) is 4.25. The maximum Gasteiger partial charge on any atom is 0.253 e. The van der Waals surface area contributed by atoms with Crippen LogP contribution in [-0.2, 0) is 0 Å². The van der Waals surface area contributed by atoms with Gasteiger partial charge < -0.3 is 16.6 Å². The van der Waals surface area contributed by atoms with Crippen molar-refractivity contribution < 1.29 is 14.7 Å². The highest BCUT2D eigenvalue weighted by Gasteiger charge is 2.19. The van der Waals surface area contributed by atoms with Gasteiger partial charge in [0.05, 0.1) is 11.8 Å². The first-order chi connectivity index (χ1) is 15.4. The number of carbonyl (C=O) groups is 2. The van der Waals surface area contributed by atoms with Crippen LogP contribution in [-0.4, -0.2) is 36.7 Å². The highest BCUT2D eigenvalue weighted by molar-refractivity contribution is 6.12. The first kappa shape index (κ1) is 20.1. The quantitative estimate of drug-likeness (QED) is 0.404. The van der Waals surface area contributed by atoms with Gasteiger partial charge >= 0.3 is 0 Å². The maximum atomic E-state index is 12.0. The summed E-state index contributed by atoms with van der Waals surface area (Å²) in [5.74, 6) is -2.01. The monoisotopic (exact) mass is 427 g/mol. The van der Waals surface area contributed by atoms with Crippen molar-refractivity contribution in [2.45, 2.75) is 0 Å². The van der Waals surface area contributed by atoms with Crippen molar-refractivity contribution in [3.05, 3.63) is 65.6 Å². The van der Waals surface area contributed by atoms with Crippen LogP contribution in [0.2, 0.25) is 0 Å². The Labute approximate surface area is 179 Å². The number of aromatic hydroxyl groups is 1. The van der Waals surface area contributed by atoms with Gasteiger partial charge in [-0.05, 0) is 35.0 Å². The van der Waals surface area contributed by atoms with E-state index in [1.807, 2.05) is 6.07 Å². The van der Waals surface area contributed by atoms with Gasteiger partial charge in [-0.3, -0.25) is 9.59 Å². The molecule has 0 aliphatic carbocycles. The number of hydrogen-bond donors (Lipinski definition) is 3. The minimum Gasteiger partial charge on any atom is -0.505 e. The van der Waals surface area contributed by atoms with E-state index in [0.717, 1.165) is 0 Å². The Kier molecular flexibility index (Phi) is 4.98. The fraction of sp³-hybridized carbons (Fsp3) is 0. The Bertz CT molecular complexity index is 1450. The van der Waals surface area contributed by atoms with E-state index in [-0.39, 0.29) is 39.5 Å². The Balaban J connectivity index is 1.88. The fourth-order valence-electron chi connectivity index (χ4n) is 3.01. The average Bonchev–Trinajstić information content (AvgIpc) is 3.20. The van der Waals surface area contributed by atoms with Crippen LogP contribution in [0.15, 0.2) is 59.2 Å². The van der Waals surface area contributed by atoms with E-state index in [1.165, 1.54) is 47.5 Å². The molecule has 0 bridgehead atoms. The number of fused-ring (bicyclic) bond motifs is 1. The third-order valence-electron chi connectivity index (χ3n) is 4.48. The van der Waals surface area contributed by atoms with Crippen LogP contribution in [0.1, 0.15) is 26.3 Å². The molecule has 0 radical (unpaired) electrons. The number of nitrogens with two attached hydrogens (primary N) is 2. The number of phenols is 1. The molecule has 32 heavy (non-hydrogen) atoms. The first-order valence-electron chi connectivity index (χ1n) is 8.97. The lowest BCUT2D eigenvalue weighted by Crippen LogP contribution is -2.13. The molecule has 0 atom stereocenters. The molecule has 0 saturated carbocycles. The summed E-state index contributed by atoms with van der Waals surface area (Å²) in [6.45, 7) is 0. The number of nitriles is 1. The van der Waals surface area contributed by atoms with Crippen molar-refractivity contribution in [3.8, 4) is 17.8 Å². The van der Waals surface area contributed by atoms with E-state index in [9.17, 15) is 20.0 Å². The fourth-order valence-corrected chi connectivity index (χ4v) is 3.01. The molecular weight excluding hydrogens is 414 g/mol. The van der Waals surface area contributed by atoms with Crippen molar-refractivity contribution in [3.63, 3.8) is 0 Å². The smallest absolute Gasteiger partial charge is 0.253 e. The van der Waals surface area contributed by atoms with E-state index < -0.39 is 17.6 Å². The second kappa shape index (κ2) is 7.92. The van der Waals surface area contributed by atoms with Gasteiger partial charge in [0.1, 0.15) is 17.3 Å². The number of amides is 2. The minimum atomic E-state index is -0.938. The zero-order valence-corrected chi connectivity index (χ0v) is 16.2. The average molecular weight is 427 g/mol. The standard InChI is InChI=1S/C20H13N9O3/c21-8-12-9-26-29(20-24-4-1-5-25-20)19(12)28-27-14-7-10-2-3-11(17(22)31)6-13(10)15(16(14)30)18(23)32/h1-7,9,30H,(H2,22,31)(H2,23,32). The van der Waals surface area contributed by atoms with Crippen LogP contribution in [0.5, 0.6) is 5.75 Å². The summed E-state index contributed by atoms with van der Waals surface area (Å²) in [5, 5.41) is 32.8. The Hall–Kier alpha value is -5.18. The number of azo groups is 1. The van der Waals surface area contributed by atoms with Gasteiger partial charge in [0.15, 0.2) is 11.6 Å². The summed E-state index contributed by atoms with van der Waals surface area (Å²) >= 11 is 0. The molecule has 0 aliphatic rings. The summed E-state index contributed by atoms with van der Waals surface area (Å²) in [5.41, 5.74) is 10.6. The topological polar surface area (TPSA) is 199 Å². The van der Waals surface area contributed by atoms with Crippen molar-refractivity contribution in [2.75, 3.05) is 0 Å². The zero-order chi connectivity index (χ0) is 22.8. The van der Waals surface area contributed by atoms with E-state index in [0.29, 0.717) is 5.39 Å². The summed E-state index contributed by atoms with van der Waals surface area (Å²) in [7, 11) is 0. The Morgan fingerprint density at radius 1 is 1.09 bits per heavy atom. The van der Waals surface area contributed by atoms with Crippen molar-refractivity contribution in [2.24, 2.45) is 21.7 Å². The number of rotatable bonds is 5. The van der Waals surface area contributed by atoms with Crippen LogP contribution < -0.4 is 11.5 Å². The normalized spacial score (nSPS) is 11.0. The van der Waals surface area contributed by atoms with Gasteiger partial charge in [0, 0.05) is 18.0 Å². The van der Waals surface area contributed by atoms with E-state index in [2.05, 4.69) is 25.3 Å². The Morgan fingerprint density at radius 2 is 1.84 bits per heavy atom. The van der Waals surface area contributed by atoms with Crippen LogP contribution >= 0.6 is 0 Å². The van der Waals surface area contributed by atoms with Gasteiger partial charge in [-0.1, -0.05) is 6.07 Å².